The van der Waals surface area contributed by atoms with E-state index in [-0.39, 0.29) is 24.1 Å². The number of carbonyl (C=O) groups is 2. The maximum Gasteiger partial charge on any atom is 0.419 e. The number of halogens is 3. The minimum atomic E-state index is -1.04. The molecule has 0 aliphatic rings. The molecule has 2 aromatic carbocycles. The molecule has 0 spiro atoms. The van der Waals surface area contributed by atoms with E-state index in [0.29, 0.717) is 16.6 Å². The molecule has 0 aliphatic carbocycles. The fourth-order valence-corrected chi connectivity index (χ4v) is 2.63. The van der Waals surface area contributed by atoms with E-state index in [2.05, 4.69) is 0 Å². The summed E-state index contributed by atoms with van der Waals surface area (Å²) < 4.78 is 37.4. The second-order valence-electron chi connectivity index (χ2n) is 5.59. The number of esters is 1. The fraction of sp³-hybridized carbons (Fsp3) is 0.167. The number of fused-ring (bicyclic) bond motifs is 1. The Morgan fingerprint density at radius 3 is 2.67 bits per heavy atom. The molecule has 0 bridgehead atoms. The number of ether oxygens (including phenoxy) is 1. The van der Waals surface area contributed by atoms with Crippen molar-refractivity contribution in [2.75, 3.05) is 6.61 Å². The van der Waals surface area contributed by atoms with Crippen LogP contribution >= 0.6 is 11.6 Å². The van der Waals surface area contributed by atoms with Gasteiger partial charge in [0.05, 0.1) is 17.5 Å². The van der Waals surface area contributed by atoms with Gasteiger partial charge in [-0.1, -0.05) is 11.6 Å². The number of aryl methyl sites for hydroxylation is 1. The van der Waals surface area contributed by atoms with Gasteiger partial charge in [-0.3, -0.25) is 14.2 Å². The van der Waals surface area contributed by atoms with Gasteiger partial charge in [0.2, 0.25) is 5.78 Å². The van der Waals surface area contributed by atoms with Gasteiger partial charge in [-0.15, -0.1) is 0 Å². The monoisotopic (exact) mass is 395 g/mol. The Morgan fingerprint density at radius 1 is 1.15 bits per heavy atom. The molecule has 0 unspecified atom stereocenters. The largest absolute Gasteiger partial charge is 0.457 e. The molecule has 1 heterocycles. The minimum absolute atomic E-state index is 0.0363. The molecule has 3 rings (SSSR count). The first-order valence-electron chi connectivity index (χ1n) is 7.78. The molecule has 0 N–H and O–H groups in total. The average molecular weight is 396 g/mol. The lowest BCUT2D eigenvalue weighted by Crippen LogP contribution is -2.19. The zero-order valence-electron chi connectivity index (χ0n) is 13.7. The first-order chi connectivity index (χ1) is 12.8. The first-order valence-corrected chi connectivity index (χ1v) is 8.15. The number of oxazole rings is 1. The van der Waals surface area contributed by atoms with Crippen LogP contribution in [0.15, 0.2) is 45.6 Å². The number of rotatable bonds is 6. The molecule has 0 saturated carbocycles. The molecule has 0 aliphatic heterocycles. The van der Waals surface area contributed by atoms with Crippen molar-refractivity contribution in [2.45, 2.75) is 13.0 Å². The number of ketones is 1. The summed E-state index contributed by atoms with van der Waals surface area (Å²) in [6.07, 6.45) is -0.212. The van der Waals surface area contributed by atoms with Crippen LogP contribution in [0.1, 0.15) is 16.8 Å². The van der Waals surface area contributed by atoms with Crippen molar-refractivity contribution in [3.63, 3.8) is 0 Å². The molecule has 0 amide bonds. The van der Waals surface area contributed by atoms with Crippen LogP contribution in [0.25, 0.3) is 11.1 Å². The van der Waals surface area contributed by atoms with Crippen LogP contribution < -0.4 is 5.76 Å². The predicted octanol–water partition coefficient (Wildman–Crippen LogP) is 3.34. The van der Waals surface area contributed by atoms with Crippen LogP contribution in [-0.4, -0.2) is 22.9 Å². The van der Waals surface area contributed by atoms with E-state index in [1.54, 1.807) is 12.1 Å². The summed E-state index contributed by atoms with van der Waals surface area (Å²) in [6.45, 7) is -0.733. The van der Waals surface area contributed by atoms with Crippen molar-refractivity contribution in [1.82, 2.24) is 4.57 Å². The number of benzene rings is 2. The summed E-state index contributed by atoms with van der Waals surface area (Å²) in [5.74, 6) is -4.08. The van der Waals surface area contributed by atoms with Crippen molar-refractivity contribution in [2.24, 2.45) is 0 Å². The minimum Gasteiger partial charge on any atom is -0.457 e. The summed E-state index contributed by atoms with van der Waals surface area (Å²) in [6, 6.07) is 7.10. The van der Waals surface area contributed by atoms with Crippen LogP contribution in [0.5, 0.6) is 0 Å². The van der Waals surface area contributed by atoms with Gasteiger partial charge in [-0.2, -0.15) is 0 Å². The highest BCUT2D eigenvalue weighted by molar-refractivity contribution is 6.31. The second kappa shape index (κ2) is 7.71. The van der Waals surface area contributed by atoms with Crippen molar-refractivity contribution < 1.29 is 27.5 Å². The van der Waals surface area contributed by atoms with E-state index in [0.717, 1.165) is 12.1 Å². The second-order valence-corrected chi connectivity index (χ2v) is 6.03. The lowest BCUT2D eigenvalue weighted by atomic mass is 10.1. The molecule has 27 heavy (non-hydrogen) atoms. The summed E-state index contributed by atoms with van der Waals surface area (Å²) in [4.78, 5) is 35.5. The van der Waals surface area contributed by atoms with Gasteiger partial charge >= 0.3 is 11.7 Å². The van der Waals surface area contributed by atoms with Gasteiger partial charge < -0.3 is 9.15 Å². The van der Waals surface area contributed by atoms with Crippen molar-refractivity contribution in [3.8, 4) is 0 Å². The van der Waals surface area contributed by atoms with Crippen molar-refractivity contribution in [3.05, 3.63) is 69.2 Å². The molecule has 140 valence electrons. The van der Waals surface area contributed by atoms with E-state index >= 15 is 0 Å². The van der Waals surface area contributed by atoms with Gasteiger partial charge in [-0.05, 0) is 24.3 Å². The number of aromatic nitrogens is 1. The number of carbonyl (C=O) groups excluding carboxylic acids is 2. The highest BCUT2D eigenvalue weighted by Crippen LogP contribution is 2.18. The Hall–Kier alpha value is -3.00. The summed E-state index contributed by atoms with van der Waals surface area (Å²) in [5, 5.41) is 0.398. The third-order valence-electron chi connectivity index (χ3n) is 3.77. The molecule has 0 atom stereocenters. The van der Waals surface area contributed by atoms with E-state index in [1.807, 2.05) is 0 Å². The lowest BCUT2D eigenvalue weighted by Gasteiger charge is -2.06. The molecule has 0 radical (unpaired) electrons. The van der Waals surface area contributed by atoms with Gasteiger partial charge in [-0.25, -0.2) is 13.6 Å². The molecule has 0 fully saturated rings. The fourth-order valence-electron chi connectivity index (χ4n) is 2.47. The van der Waals surface area contributed by atoms with Crippen LogP contribution in [0, 0.1) is 11.6 Å². The molecular formula is C18H12ClF2NO5. The highest BCUT2D eigenvalue weighted by Gasteiger charge is 2.16. The third kappa shape index (κ3) is 4.22. The predicted molar refractivity (Wildman–Crippen MR) is 91.7 cm³/mol. The standard InChI is InChI=1S/C18H12ClF2NO5/c19-10-1-4-14-16(7-10)27-18(25)22(14)6-5-17(24)26-9-15(23)12-3-2-11(20)8-13(12)21/h1-4,7-8H,5-6,9H2. The van der Waals surface area contributed by atoms with E-state index in [1.165, 1.54) is 10.6 Å². The molecular weight excluding hydrogens is 384 g/mol. The van der Waals surface area contributed by atoms with Crippen LogP contribution in [0.2, 0.25) is 5.02 Å². The Labute approximate surface area is 155 Å². The number of hydrogen-bond acceptors (Lipinski definition) is 5. The maximum absolute atomic E-state index is 13.5. The quantitative estimate of drug-likeness (QED) is 0.472. The van der Waals surface area contributed by atoms with E-state index < -0.39 is 35.7 Å². The Kier molecular flexibility index (Phi) is 5.36. The average Bonchev–Trinajstić information content (AvgIpc) is 2.92. The van der Waals surface area contributed by atoms with Crippen molar-refractivity contribution in [1.29, 1.82) is 0 Å². The van der Waals surface area contributed by atoms with Gasteiger partial charge in [0.25, 0.3) is 0 Å². The van der Waals surface area contributed by atoms with Gasteiger partial charge in [0.1, 0.15) is 11.6 Å². The zero-order valence-corrected chi connectivity index (χ0v) is 14.5. The van der Waals surface area contributed by atoms with Crippen LogP contribution in [0.3, 0.4) is 0 Å². The normalized spacial score (nSPS) is 10.9. The maximum atomic E-state index is 13.5. The number of hydrogen-bond donors (Lipinski definition) is 0. The molecule has 1 aromatic heterocycles. The first kappa shape index (κ1) is 18.8. The van der Waals surface area contributed by atoms with E-state index in [4.69, 9.17) is 20.8 Å². The lowest BCUT2D eigenvalue weighted by molar-refractivity contribution is -0.142. The molecule has 6 nitrogen and oxygen atoms in total. The SMILES string of the molecule is O=C(CCn1c(=O)oc2cc(Cl)ccc21)OCC(=O)c1ccc(F)cc1F. The van der Waals surface area contributed by atoms with Crippen molar-refractivity contribution >= 4 is 34.5 Å². The topological polar surface area (TPSA) is 78.5 Å². The zero-order chi connectivity index (χ0) is 19.6. The summed E-state index contributed by atoms with van der Waals surface area (Å²) in [7, 11) is 0. The van der Waals surface area contributed by atoms with Gasteiger partial charge in [0.15, 0.2) is 12.2 Å². The smallest absolute Gasteiger partial charge is 0.419 e. The third-order valence-corrected chi connectivity index (χ3v) is 4.00. The van der Waals surface area contributed by atoms with Crippen LogP contribution in [0.4, 0.5) is 8.78 Å². The Morgan fingerprint density at radius 2 is 1.93 bits per heavy atom. The van der Waals surface area contributed by atoms with Crippen LogP contribution in [-0.2, 0) is 16.1 Å². The molecule has 0 saturated heterocycles. The number of Topliss-reactive ketones (excluding diaryl/α,β-unsaturated/α-hetero) is 1. The highest BCUT2D eigenvalue weighted by atomic mass is 35.5. The number of nitrogens with zero attached hydrogens (tertiary/aromatic N) is 1. The Bertz CT molecular complexity index is 1090. The summed E-state index contributed by atoms with van der Waals surface area (Å²) in [5.41, 5.74) is 0.364. The Balaban J connectivity index is 1.60. The molecule has 9 heteroatoms. The van der Waals surface area contributed by atoms with E-state index in [9.17, 15) is 23.2 Å². The van der Waals surface area contributed by atoms with Gasteiger partial charge in [0, 0.05) is 23.7 Å². The summed E-state index contributed by atoms with van der Waals surface area (Å²) >= 11 is 5.82. The molecule has 3 aromatic rings.